The van der Waals surface area contributed by atoms with Gasteiger partial charge in [-0.25, -0.2) is 9.67 Å². The molecule has 1 fully saturated rings. The lowest BCUT2D eigenvalue weighted by Gasteiger charge is -2.32. The van der Waals surface area contributed by atoms with E-state index < -0.39 is 0 Å². The molecule has 2 aromatic heterocycles. The number of rotatable bonds is 4. The molecule has 1 aliphatic heterocycles. The Hall–Kier alpha value is -3.00. The molecule has 1 saturated heterocycles. The minimum atomic E-state index is -0.199. The van der Waals surface area contributed by atoms with E-state index in [-0.39, 0.29) is 17.6 Å². The number of hydrogen-bond acceptors (Lipinski definition) is 6. The average molecular weight is 467 g/mol. The lowest BCUT2D eigenvalue weighted by molar-refractivity contribution is 0.0599. The van der Waals surface area contributed by atoms with Gasteiger partial charge in [0.15, 0.2) is 0 Å². The lowest BCUT2D eigenvalue weighted by atomic mass is 10.1. The van der Waals surface area contributed by atoms with Crippen molar-refractivity contribution in [3.05, 3.63) is 61.5 Å². The molecule has 0 saturated carbocycles. The van der Waals surface area contributed by atoms with Crippen LogP contribution in [0.3, 0.4) is 0 Å². The first-order valence-corrected chi connectivity index (χ1v) is 12.0. The second-order valence-corrected chi connectivity index (χ2v) is 9.80. The van der Waals surface area contributed by atoms with Gasteiger partial charge in [0.05, 0.1) is 17.0 Å². The molecule has 0 spiro atoms. The SMILES string of the molecule is Cc1ccc(OC2CCN(C(=O)c3sc(-c4c(C)c(C)nn(C)c4=O)nc3C)CC2)cc1C. The van der Waals surface area contributed by atoms with Gasteiger partial charge in [0.2, 0.25) is 0 Å². The minimum Gasteiger partial charge on any atom is -0.490 e. The zero-order chi connectivity index (χ0) is 23.9. The Bertz CT molecular complexity index is 1270. The standard InChI is InChI=1S/C25H30N4O3S/c1-14-7-8-20(13-15(14)2)32-19-9-11-29(12-10-19)25(31)22-18(5)26-23(33-22)21-16(3)17(4)27-28(6)24(21)30/h7-8,13,19H,9-12H2,1-6H3. The predicted molar refractivity (Wildman–Crippen MR) is 130 cm³/mol. The zero-order valence-corrected chi connectivity index (χ0v) is 20.9. The van der Waals surface area contributed by atoms with E-state index in [0.29, 0.717) is 34.2 Å². The van der Waals surface area contributed by atoms with Crippen molar-refractivity contribution in [2.75, 3.05) is 13.1 Å². The van der Waals surface area contributed by atoms with Crippen molar-refractivity contribution < 1.29 is 9.53 Å². The summed E-state index contributed by atoms with van der Waals surface area (Å²) in [6, 6.07) is 6.16. The van der Waals surface area contributed by atoms with Crippen LogP contribution in [0.1, 0.15) is 50.6 Å². The van der Waals surface area contributed by atoms with Crippen molar-refractivity contribution in [1.82, 2.24) is 19.7 Å². The van der Waals surface area contributed by atoms with Crippen LogP contribution in [0.25, 0.3) is 10.6 Å². The quantitative estimate of drug-likeness (QED) is 0.578. The van der Waals surface area contributed by atoms with Crippen LogP contribution in [0.15, 0.2) is 23.0 Å². The van der Waals surface area contributed by atoms with Gasteiger partial charge in [0.25, 0.3) is 11.5 Å². The molecule has 174 valence electrons. The van der Waals surface area contributed by atoms with Gasteiger partial charge in [-0.3, -0.25) is 9.59 Å². The maximum absolute atomic E-state index is 13.3. The molecule has 0 radical (unpaired) electrons. The van der Waals surface area contributed by atoms with Crippen LogP contribution < -0.4 is 10.3 Å². The van der Waals surface area contributed by atoms with Crippen LogP contribution in [-0.2, 0) is 7.05 Å². The Morgan fingerprint density at radius 3 is 2.42 bits per heavy atom. The Kier molecular flexibility index (Phi) is 6.38. The highest BCUT2D eigenvalue weighted by Gasteiger charge is 2.28. The molecule has 33 heavy (non-hydrogen) atoms. The van der Waals surface area contributed by atoms with E-state index in [9.17, 15) is 9.59 Å². The fourth-order valence-corrected chi connectivity index (χ4v) is 5.23. The molecular weight excluding hydrogens is 436 g/mol. The highest BCUT2D eigenvalue weighted by atomic mass is 32.1. The summed E-state index contributed by atoms with van der Waals surface area (Å²) in [6.45, 7) is 11.0. The second kappa shape index (κ2) is 9.09. The van der Waals surface area contributed by atoms with Crippen molar-refractivity contribution >= 4 is 17.2 Å². The fraction of sp³-hybridized carbons (Fsp3) is 0.440. The summed E-state index contributed by atoms with van der Waals surface area (Å²) >= 11 is 1.29. The first kappa shape index (κ1) is 23.2. The van der Waals surface area contributed by atoms with Gasteiger partial charge in [-0.15, -0.1) is 11.3 Å². The Labute approximate surface area is 198 Å². The number of likely N-dealkylation sites (tertiary alicyclic amines) is 1. The molecule has 0 atom stereocenters. The summed E-state index contributed by atoms with van der Waals surface area (Å²) in [5, 5.41) is 4.81. The van der Waals surface area contributed by atoms with Crippen LogP contribution in [-0.4, -0.2) is 44.8 Å². The van der Waals surface area contributed by atoms with Crippen molar-refractivity contribution in [2.24, 2.45) is 7.05 Å². The van der Waals surface area contributed by atoms with Gasteiger partial charge in [-0.05, 0) is 63.4 Å². The molecule has 4 rings (SSSR count). The number of benzene rings is 1. The highest BCUT2D eigenvalue weighted by Crippen LogP contribution is 2.30. The van der Waals surface area contributed by atoms with E-state index in [1.165, 1.54) is 27.1 Å². The molecule has 3 aromatic rings. The molecule has 0 unspecified atom stereocenters. The monoisotopic (exact) mass is 466 g/mol. The smallest absolute Gasteiger partial charge is 0.277 e. The third-order valence-electron chi connectivity index (χ3n) is 6.44. The maximum Gasteiger partial charge on any atom is 0.277 e. The van der Waals surface area contributed by atoms with Crippen LogP contribution in [0.2, 0.25) is 0 Å². The Morgan fingerprint density at radius 2 is 1.76 bits per heavy atom. The molecular formula is C25H30N4O3S. The minimum absolute atomic E-state index is 0.0267. The van der Waals surface area contributed by atoms with Gasteiger partial charge in [-0.2, -0.15) is 5.10 Å². The van der Waals surface area contributed by atoms with E-state index >= 15 is 0 Å². The average Bonchev–Trinajstić information content (AvgIpc) is 3.16. The van der Waals surface area contributed by atoms with Crippen molar-refractivity contribution in [3.8, 4) is 16.3 Å². The molecule has 0 bridgehead atoms. The van der Waals surface area contributed by atoms with Gasteiger partial charge in [0.1, 0.15) is 21.7 Å². The summed E-state index contributed by atoms with van der Waals surface area (Å²) in [7, 11) is 1.63. The first-order valence-electron chi connectivity index (χ1n) is 11.2. The third-order valence-corrected chi connectivity index (χ3v) is 7.60. The van der Waals surface area contributed by atoms with Crippen LogP contribution >= 0.6 is 11.3 Å². The number of amides is 1. The van der Waals surface area contributed by atoms with Gasteiger partial charge < -0.3 is 9.64 Å². The molecule has 1 aliphatic rings. The van der Waals surface area contributed by atoms with Crippen molar-refractivity contribution in [3.63, 3.8) is 0 Å². The second-order valence-electron chi connectivity index (χ2n) is 8.80. The molecule has 3 heterocycles. The summed E-state index contributed by atoms with van der Waals surface area (Å²) in [4.78, 5) is 33.0. The maximum atomic E-state index is 13.3. The number of carbonyl (C=O) groups excluding carboxylic acids is 1. The van der Waals surface area contributed by atoms with Crippen molar-refractivity contribution in [2.45, 2.75) is 53.6 Å². The highest BCUT2D eigenvalue weighted by molar-refractivity contribution is 7.17. The van der Waals surface area contributed by atoms with E-state index in [4.69, 9.17) is 4.74 Å². The number of ether oxygens (including phenoxy) is 1. The normalized spacial score (nSPS) is 14.5. The summed E-state index contributed by atoms with van der Waals surface area (Å²) in [5.41, 5.74) is 5.02. The number of aryl methyl sites for hydroxylation is 5. The summed E-state index contributed by atoms with van der Waals surface area (Å²) in [6.07, 6.45) is 1.67. The number of carbonyl (C=O) groups is 1. The predicted octanol–water partition coefficient (Wildman–Crippen LogP) is 4.13. The number of thiazole rings is 1. The molecule has 1 aromatic carbocycles. The number of piperidine rings is 1. The molecule has 0 N–H and O–H groups in total. The lowest BCUT2D eigenvalue weighted by Crippen LogP contribution is -2.41. The topological polar surface area (TPSA) is 77.3 Å². The molecule has 7 nitrogen and oxygen atoms in total. The molecule has 0 aliphatic carbocycles. The largest absolute Gasteiger partial charge is 0.490 e. The van der Waals surface area contributed by atoms with Gasteiger partial charge in [0, 0.05) is 33.0 Å². The Morgan fingerprint density at radius 1 is 1.06 bits per heavy atom. The van der Waals surface area contributed by atoms with E-state index in [1.54, 1.807) is 7.05 Å². The zero-order valence-electron chi connectivity index (χ0n) is 20.1. The molecule has 8 heteroatoms. The summed E-state index contributed by atoms with van der Waals surface area (Å²) in [5.74, 6) is 0.858. The number of hydrogen-bond donors (Lipinski definition) is 0. The number of aromatic nitrogens is 3. The number of nitrogens with zero attached hydrogens (tertiary/aromatic N) is 4. The van der Waals surface area contributed by atoms with Gasteiger partial charge in [-0.1, -0.05) is 6.07 Å². The molecule has 1 amide bonds. The first-order chi connectivity index (χ1) is 15.7. The van der Waals surface area contributed by atoms with E-state index in [1.807, 2.05) is 31.7 Å². The van der Waals surface area contributed by atoms with Crippen LogP contribution in [0.5, 0.6) is 5.75 Å². The van der Waals surface area contributed by atoms with Crippen LogP contribution in [0, 0.1) is 34.6 Å². The fourth-order valence-electron chi connectivity index (χ4n) is 4.10. The third kappa shape index (κ3) is 4.57. The van der Waals surface area contributed by atoms with Crippen molar-refractivity contribution in [1.29, 1.82) is 0 Å². The van der Waals surface area contributed by atoms with Gasteiger partial charge >= 0.3 is 0 Å². The van der Waals surface area contributed by atoms with Crippen LogP contribution in [0.4, 0.5) is 0 Å². The van der Waals surface area contributed by atoms with E-state index in [2.05, 4.69) is 36.1 Å². The Balaban J connectivity index is 1.48. The summed E-state index contributed by atoms with van der Waals surface area (Å²) < 4.78 is 7.50. The van der Waals surface area contributed by atoms with E-state index in [0.717, 1.165) is 29.8 Å².